The molecule has 0 spiro atoms. The van der Waals surface area contributed by atoms with Crippen LogP contribution in [0.25, 0.3) is 67.4 Å². The predicted octanol–water partition coefficient (Wildman–Crippen LogP) is 12.9. The molecular formula is C56H42Ir2N6-4. The van der Waals surface area contributed by atoms with Crippen molar-refractivity contribution in [2.45, 2.75) is 13.8 Å². The fraction of sp³-hybridized carbons (Fsp3) is 0.0357. The first-order valence-electron chi connectivity index (χ1n) is 20.1. The molecule has 4 heterocycles. The van der Waals surface area contributed by atoms with E-state index in [1.54, 1.807) is 18.9 Å². The monoisotopic (exact) mass is 1180 g/mol. The number of aromatic nitrogens is 6. The Balaban J connectivity index is 0.000000162. The Bertz CT molecular complexity index is 2750. The van der Waals surface area contributed by atoms with Crippen LogP contribution in [0.2, 0.25) is 0 Å². The van der Waals surface area contributed by atoms with Crippen LogP contribution in [0.5, 0.6) is 0 Å². The third kappa shape index (κ3) is 14.3. The molecule has 0 amide bonds. The normalized spacial score (nSPS) is 9.78. The van der Waals surface area contributed by atoms with Crippen LogP contribution >= 0.6 is 0 Å². The molecule has 0 aliphatic heterocycles. The summed E-state index contributed by atoms with van der Waals surface area (Å²) in [5, 5.41) is 0. The van der Waals surface area contributed by atoms with Crippen LogP contribution < -0.4 is 0 Å². The molecule has 6 aromatic carbocycles. The first-order valence-corrected chi connectivity index (χ1v) is 20.1. The van der Waals surface area contributed by atoms with Gasteiger partial charge in [-0.05, 0) is 59.4 Å². The van der Waals surface area contributed by atoms with Gasteiger partial charge >= 0.3 is 0 Å². The van der Waals surface area contributed by atoms with Crippen molar-refractivity contribution in [3.05, 3.63) is 255 Å². The summed E-state index contributed by atoms with van der Waals surface area (Å²) < 4.78 is 0. The summed E-state index contributed by atoms with van der Waals surface area (Å²) in [6, 6.07) is 76.3. The molecule has 0 aliphatic rings. The molecule has 6 nitrogen and oxygen atoms in total. The van der Waals surface area contributed by atoms with Gasteiger partial charge in [0.15, 0.2) is 0 Å². The average molecular weight is 1180 g/mol. The maximum absolute atomic E-state index is 4.55. The van der Waals surface area contributed by atoms with Crippen molar-refractivity contribution in [1.29, 1.82) is 0 Å². The van der Waals surface area contributed by atoms with Crippen LogP contribution in [0.1, 0.15) is 11.3 Å². The topological polar surface area (TPSA) is 77.3 Å². The van der Waals surface area contributed by atoms with Crippen LogP contribution in [-0.4, -0.2) is 29.9 Å². The van der Waals surface area contributed by atoms with Crippen LogP contribution in [0.4, 0.5) is 0 Å². The third-order valence-electron chi connectivity index (χ3n) is 9.34. The van der Waals surface area contributed by atoms with E-state index < -0.39 is 0 Å². The Morgan fingerprint density at radius 2 is 0.781 bits per heavy atom. The van der Waals surface area contributed by atoms with Gasteiger partial charge in [-0.15, -0.1) is 144 Å². The van der Waals surface area contributed by atoms with Gasteiger partial charge in [0.25, 0.3) is 0 Å². The van der Waals surface area contributed by atoms with E-state index in [0.29, 0.717) is 0 Å². The zero-order valence-electron chi connectivity index (χ0n) is 35.1. The number of hydrogen-bond donors (Lipinski definition) is 0. The molecule has 0 fully saturated rings. The number of nitrogens with zero attached hydrogens (tertiary/aromatic N) is 6. The number of hydrogen-bond acceptors (Lipinski definition) is 6. The smallest absolute Gasteiger partial charge is 0.106 e. The van der Waals surface area contributed by atoms with E-state index in [-0.39, 0.29) is 40.2 Å². The van der Waals surface area contributed by atoms with Gasteiger partial charge in [0, 0.05) is 63.9 Å². The van der Waals surface area contributed by atoms with E-state index in [2.05, 4.69) is 79.3 Å². The summed E-state index contributed by atoms with van der Waals surface area (Å²) in [6.07, 6.45) is 6.90. The van der Waals surface area contributed by atoms with Crippen molar-refractivity contribution in [3.63, 3.8) is 0 Å². The Morgan fingerprint density at radius 3 is 1.25 bits per heavy atom. The molecule has 64 heavy (non-hydrogen) atoms. The quantitative estimate of drug-likeness (QED) is 0.154. The summed E-state index contributed by atoms with van der Waals surface area (Å²) >= 11 is 0. The third-order valence-corrected chi connectivity index (χ3v) is 9.34. The standard InChI is InChI=1S/C18H14N.C16H11N2.C11H9N2.C11H8N.2Ir/c1-14-12-18(16-10-6-3-7-11-16)19-13-17(14)15-8-4-2-5-9-15;1-3-7-13(8-4-1)15-11-16(18-12-17-15)14-9-5-2-6-10-14;1-9-7-11(13-8-12-9)10-5-3-2-4-6-10;1-2-6-10(7-3-1)11-8-4-5-9-12-11;;/h2-10,12-13H,1H3;1-9,11-12H;2-5,7-8H,1H3;1-6,8-9H;;/q4*-1;;. The first kappa shape index (κ1) is 48.1. The maximum Gasteiger partial charge on any atom is 0.106 e. The van der Waals surface area contributed by atoms with Crippen molar-refractivity contribution >= 4 is 0 Å². The van der Waals surface area contributed by atoms with Crippen molar-refractivity contribution in [2.24, 2.45) is 0 Å². The maximum atomic E-state index is 4.55. The summed E-state index contributed by atoms with van der Waals surface area (Å²) in [5.74, 6) is 0. The summed E-state index contributed by atoms with van der Waals surface area (Å²) in [5.41, 5.74) is 14.4. The van der Waals surface area contributed by atoms with Gasteiger partial charge in [0.1, 0.15) is 12.7 Å². The SMILES string of the molecule is Cc1cc(-c2[c-]cccc2)ncc1-c1ccccc1.Cc1cc(-c2[c-]cccc2)ncn1.[Ir].[Ir].[c-]1ccccc1-c1cc(-c2ccccc2)ncn1.[c-]1ccccc1-c1ccccn1. The molecule has 0 aliphatic carbocycles. The minimum absolute atomic E-state index is 0. The second-order valence-corrected chi connectivity index (χ2v) is 13.8. The number of rotatable bonds is 6. The van der Waals surface area contributed by atoms with Gasteiger partial charge in [-0.25, -0.2) is 9.97 Å². The number of pyridine rings is 2. The molecule has 10 rings (SSSR count). The van der Waals surface area contributed by atoms with E-state index in [1.807, 2.05) is 189 Å². The molecule has 0 unspecified atom stereocenters. The number of benzene rings is 6. The van der Waals surface area contributed by atoms with Crippen LogP contribution in [0.3, 0.4) is 0 Å². The Kier molecular flexibility index (Phi) is 19.5. The van der Waals surface area contributed by atoms with Gasteiger partial charge in [-0.2, -0.15) is 0 Å². The Labute approximate surface area is 403 Å². The minimum Gasteiger partial charge on any atom is -0.305 e. The van der Waals surface area contributed by atoms with E-state index in [9.17, 15) is 0 Å². The minimum atomic E-state index is 0. The molecule has 0 saturated carbocycles. The molecular weight excluding hydrogens is 1140 g/mol. The van der Waals surface area contributed by atoms with Gasteiger partial charge in [0.05, 0.1) is 5.69 Å². The molecule has 318 valence electrons. The zero-order valence-corrected chi connectivity index (χ0v) is 39.9. The van der Waals surface area contributed by atoms with Crippen molar-refractivity contribution in [1.82, 2.24) is 29.9 Å². The molecule has 0 saturated heterocycles. The fourth-order valence-electron chi connectivity index (χ4n) is 6.23. The summed E-state index contributed by atoms with van der Waals surface area (Å²) in [7, 11) is 0. The van der Waals surface area contributed by atoms with Gasteiger partial charge < -0.3 is 9.97 Å². The van der Waals surface area contributed by atoms with Gasteiger partial charge in [-0.3, -0.25) is 9.97 Å². The molecule has 0 atom stereocenters. The second-order valence-electron chi connectivity index (χ2n) is 13.8. The largest absolute Gasteiger partial charge is 0.305 e. The Morgan fingerprint density at radius 1 is 0.344 bits per heavy atom. The Hall–Kier alpha value is -6.92. The second kappa shape index (κ2) is 25.9. The van der Waals surface area contributed by atoms with Gasteiger partial charge in [0.2, 0.25) is 0 Å². The van der Waals surface area contributed by atoms with Crippen molar-refractivity contribution in [2.75, 3.05) is 0 Å². The van der Waals surface area contributed by atoms with E-state index >= 15 is 0 Å². The van der Waals surface area contributed by atoms with E-state index in [1.165, 1.54) is 16.7 Å². The zero-order chi connectivity index (χ0) is 42.6. The molecule has 0 bridgehead atoms. The fourth-order valence-corrected chi connectivity index (χ4v) is 6.23. The molecule has 4 aromatic heterocycles. The van der Waals surface area contributed by atoms with Crippen LogP contribution in [0.15, 0.2) is 219 Å². The number of aryl methyl sites for hydroxylation is 2. The van der Waals surface area contributed by atoms with Crippen molar-refractivity contribution in [3.8, 4) is 67.4 Å². The molecule has 0 N–H and O–H groups in total. The molecule has 8 heteroatoms. The molecule has 10 aromatic rings. The van der Waals surface area contributed by atoms with Crippen LogP contribution in [-0.2, 0) is 40.2 Å². The average Bonchev–Trinajstić information content (AvgIpc) is 3.36. The summed E-state index contributed by atoms with van der Waals surface area (Å²) in [6.45, 7) is 4.07. The van der Waals surface area contributed by atoms with E-state index in [4.69, 9.17) is 0 Å². The summed E-state index contributed by atoms with van der Waals surface area (Å²) in [4.78, 5) is 25.6. The molecule has 2 radical (unpaired) electrons. The first-order chi connectivity index (χ1) is 30.6. The van der Waals surface area contributed by atoms with Crippen molar-refractivity contribution < 1.29 is 40.2 Å². The predicted molar refractivity (Wildman–Crippen MR) is 250 cm³/mol. The van der Waals surface area contributed by atoms with Gasteiger partial charge in [-0.1, -0.05) is 91.0 Å². The van der Waals surface area contributed by atoms with E-state index in [0.717, 1.165) is 62.0 Å². The van der Waals surface area contributed by atoms with Crippen LogP contribution in [0, 0.1) is 38.1 Å².